The van der Waals surface area contributed by atoms with Crippen LogP contribution in [0.3, 0.4) is 0 Å². The van der Waals surface area contributed by atoms with Gasteiger partial charge in [-0.1, -0.05) is 83.9 Å². The fraction of sp³-hybridized carbons (Fsp3) is 0. The summed E-state index contributed by atoms with van der Waals surface area (Å²) in [7, 11) is 0. The Labute approximate surface area is 259 Å². The number of benzene rings is 4. The molecule has 5 aromatic carbocycles. The first kappa shape index (κ1) is 27.5. The lowest BCUT2D eigenvalue weighted by atomic mass is 10.0. The SMILES string of the molecule is O=c1oc2ccccc2c(Cl)c1C=c1c(=Nc2ccccc2)c(=Cc2c(Cl)c3ccccc3oc2=O)c1=Nc1ccccc1. The third kappa shape index (κ3) is 5.00. The molecule has 0 N–H and O–H groups in total. The minimum atomic E-state index is -0.602. The molecule has 0 unspecified atom stereocenters. The molecule has 7 aromatic rings. The smallest absolute Gasteiger partial charge is 0.345 e. The lowest BCUT2D eigenvalue weighted by molar-refractivity contribution is 0.559. The van der Waals surface area contributed by atoms with Crippen LogP contribution in [0.5, 0.6) is 0 Å². The first-order valence-electron chi connectivity index (χ1n) is 13.6. The van der Waals surface area contributed by atoms with Gasteiger partial charge in [-0.2, -0.15) is 0 Å². The number of fused-ring (bicyclic) bond motifs is 2. The second-order valence-electron chi connectivity index (χ2n) is 9.93. The van der Waals surface area contributed by atoms with Crippen LogP contribution in [0.25, 0.3) is 34.1 Å². The van der Waals surface area contributed by atoms with E-state index in [2.05, 4.69) is 0 Å². The van der Waals surface area contributed by atoms with E-state index in [9.17, 15) is 9.59 Å². The number of halogens is 2. The van der Waals surface area contributed by atoms with Crippen LogP contribution in [-0.4, -0.2) is 0 Å². The molecular weight excluding hydrogens is 595 g/mol. The van der Waals surface area contributed by atoms with E-state index in [0.717, 1.165) is 0 Å². The Balaban J connectivity index is 1.63. The van der Waals surface area contributed by atoms with Crippen LogP contribution in [0.2, 0.25) is 10.0 Å². The predicted molar refractivity (Wildman–Crippen MR) is 174 cm³/mol. The zero-order valence-corrected chi connectivity index (χ0v) is 24.3. The van der Waals surface area contributed by atoms with Gasteiger partial charge in [-0.15, -0.1) is 0 Å². The van der Waals surface area contributed by atoms with E-state index in [1.807, 2.05) is 72.8 Å². The highest BCUT2D eigenvalue weighted by molar-refractivity contribution is 6.37. The molecule has 0 saturated carbocycles. The molecule has 0 radical (unpaired) electrons. The van der Waals surface area contributed by atoms with Crippen molar-refractivity contribution in [3.63, 3.8) is 0 Å². The Morgan fingerprint density at radius 2 is 0.864 bits per heavy atom. The standard InChI is InChI=1S/C36H20Cl2N2O4/c37-31-23-15-7-9-17-29(23)43-35(41)25(31)19-27-33(39-21-11-3-1-4-12-21)28(34(27)40-22-13-5-2-6-14-22)20-26-32(38)24-16-8-10-18-30(24)44-36(26)42/h1-20H. The lowest BCUT2D eigenvalue weighted by Gasteiger charge is -2.07. The number of hydrogen-bond acceptors (Lipinski definition) is 6. The summed E-state index contributed by atoms with van der Waals surface area (Å²) in [5.74, 6) is 0. The van der Waals surface area contributed by atoms with E-state index < -0.39 is 11.3 Å². The van der Waals surface area contributed by atoms with Gasteiger partial charge in [0.2, 0.25) is 0 Å². The van der Waals surface area contributed by atoms with Crippen molar-refractivity contribution in [1.29, 1.82) is 0 Å². The molecule has 0 spiro atoms. The number of rotatable bonds is 4. The molecule has 2 aromatic heterocycles. The van der Waals surface area contributed by atoms with Crippen LogP contribution in [0.1, 0.15) is 11.1 Å². The van der Waals surface area contributed by atoms with E-state index in [4.69, 9.17) is 42.0 Å². The largest absolute Gasteiger partial charge is 0.422 e. The van der Waals surface area contributed by atoms with Crippen molar-refractivity contribution in [2.75, 3.05) is 0 Å². The Kier molecular flexibility index (Phi) is 7.14. The van der Waals surface area contributed by atoms with E-state index in [-0.39, 0.29) is 21.2 Å². The van der Waals surface area contributed by atoms with Crippen molar-refractivity contribution in [1.82, 2.24) is 0 Å². The maximum atomic E-state index is 13.2. The summed E-state index contributed by atoms with van der Waals surface area (Å²) >= 11 is 13.6. The molecule has 212 valence electrons. The van der Waals surface area contributed by atoms with Gasteiger partial charge in [-0.25, -0.2) is 19.6 Å². The second-order valence-corrected chi connectivity index (χ2v) is 10.7. The monoisotopic (exact) mass is 614 g/mol. The van der Waals surface area contributed by atoms with Crippen LogP contribution in [0.4, 0.5) is 11.4 Å². The summed E-state index contributed by atoms with van der Waals surface area (Å²) < 4.78 is 11.2. The summed E-state index contributed by atoms with van der Waals surface area (Å²) in [4.78, 5) is 36.2. The third-order valence-electron chi connectivity index (χ3n) is 7.16. The van der Waals surface area contributed by atoms with Gasteiger partial charge >= 0.3 is 11.3 Å². The van der Waals surface area contributed by atoms with Crippen LogP contribution >= 0.6 is 23.2 Å². The quantitative estimate of drug-likeness (QED) is 0.221. The molecule has 7 rings (SSSR count). The minimum absolute atomic E-state index is 0.157. The van der Waals surface area contributed by atoms with Gasteiger partial charge in [0.25, 0.3) is 0 Å². The van der Waals surface area contributed by atoms with Crippen LogP contribution in [-0.2, 0) is 0 Å². The summed E-state index contributed by atoms with van der Waals surface area (Å²) in [6.45, 7) is 0. The first-order chi connectivity index (χ1) is 21.5. The molecule has 44 heavy (non-hydrogen) atoms. The Morgan fingerprint density at radius 1 is 0.500 bits per heavy atom. The van der Waals surface area contributed by atoms with Crippen molar-refractivity contribution in [2.24, 2.45) is 9.98 Å². The van der Waals surface area contributed by atoms with E-state index in [0.29, 0.717) is 54.5 Å². The van der Waals surface area contributed by atoms with Crippen LogP contribution in [0, 0.1) is 0 Å². The van der Waals surface area contributed by atoms with Crippen molar-refractivity contribution in [2.45, 2.75) is 0 Å². The summed E-state index contributed by atoms with van der Waals surface area (Å²) in [5.41, 5.74) is 1.19. The number of nitrogens with zero attached hydrogens (tertiary/aromatic N) is 2. The molecule has 0 aliphatic carbocycles. The molecule has 2 heterocycles. The highest BCUT2D eigenvalue weighted by Gasteiger charge is 2.16. The molecule has 0 aliphatic rings. The van der Waals surface area contributed by atoms with Gasteiger partial charge in [0.05, 0.1) is 43.3 Å². The highest BCUT2D eigenvalue weighted by Crippen LogP contribution is 2.26. The average Bonchev–Trinajstić information content (AvgIpc) is 3.04. The number of para-hydroxylation sites is 4. The topological polar surface area (TPSA) is 85.1 Å². The van der Waals surface area contributed by atoms with E-state index >= 15 is 0 Å². The van der Waals surface area contributed by atoms with E-state index in [1.54, 1.807) is 48.6 Å². The summed E-state index contributed by atoms with van der Waals surface area (Å²) in [5, 5.41) is 3.73. The normalized spacial score (nSPS) is 11.1. The van der Waals surface area contributed by atoms with Crippen LogP contribution in [0.15, 0.2) is 138 Å². The van der Waals surface area contributed by atoms with Crippen LogP contribution < -0.4 is 32.4 Å². The molecule has 8 heteroatoms. The van der Waals surface area contributed by atoms with Gasteiger partial charge in [-0.05, 0) is 60.7 Å². The first-order valence-corrected chi connectivity index (χ1v) is 14.4. The van der Waals surface area contributed by atoms with Crippen molar-refractivity contribution >= 4 is 68.7 Å². The summed E-state index contributed by atoms with van der Waals surface area (Å²) in [6, 6.07) is 32.8. The average molecular weight is 615 g/mol. The molecule has 0 fully saturated rings. The van der Waals surface area contributed by atoms with Crippen molar-refractivity contribution in [3.05, 3.63) is 172 Å². The molecular formula is C36H20Cl2N2O4. The third-order valence-corrected chi connectivity index (χ3v) is 7.97. The van der Waals surface area contributed by atoms with Gasteiger partial charge in [0.1, 0.15) is 11.2 Å². The maximum Gasteiger partial charge on any atom is 0.345 e. The molecule has 0 amide bonds. The Hall–Kier alpha value is -5.30. The predicted octanol–water partition coefficient (Wildman–Crippen LogP) is 6.20. The van der Waals surface area contributed by atoms with Crippen molar-refractivity contribution < 1.29 is 8.83 Å². The van der Waals surface area contributed by atoms with E-state index in [1.165, 1.54) is 0 Å². The van der Waals surface area contributed by atoms with Crippen molar-refractivity contribution in [3.8, 4) is 0 Å². The lowest BCUT2D eigenvalue weighted by Crippen LogP contribution is -2.66. The molecule has 6 nitrogen and oxygen atoms in total. The maximum absolute atomic E-state index is 13.2. The fourth-order valence-electron chi connectivity index (χ4n) is 5.02. The number of hydrogen-bond donors (Lipinski definition) is 0. The zero-order chi connectivity index (χ0) is 30.2. The van der Waals surface area contributed by atoms with Gasteiger partial charge < -0.3 is 8.83 Å². The minimum Gasteiger partial charge on any atom is -0.422 e. The zero-order valence-electron chi connectivity index (χ0n) is 22.8. The molecule has 0 atom stereocenters. The summed E-state index contributed by atoms with van der Waals surface area (Å²) in [6.07, 6.45) is 3.26. The fourth-order valence-corrected chi connectivity index (χ4v) is 5.59. The van der Waals surface area contributed by atoms with Gasteiger partial charge in [0.15, 0.2) is 0 Å². The molecule has 0 aliphatic heterocycles. The van der Waals surface area contributed by atoms with Gasteiger partial charge in [-0.3, -0.25) is 0 Å². The van der Waals surface area contributed by atoms with Gasteiger partial charge in [0, 0.05) is 21.2 Å². The highest BCUT2D eigenvalue weighted by atomic mass is 35.5. The molecule has 0 bridgehead atoms. The Bertz CT molecular complexity index is 2360. The second kappa shape index (κ2) is 11.4. The Morgan fingerprint density at radius 3 is 1.27 bits per heavy atom. The molecule has 0 saturated heterocycles.